The van der Waals surface area contributed by atoms with E-state index in [4.69, 9.17) is 11.6 Å². The van der Waals surface area contributed by atoms with Gasteiger partial charge >= 0.3 is 0 Å². The molecule has 1 heterocycles. The third kappa shape index (κ3) is 2.94. The van der Waals surface area contributed by atoms with Gasteiger partial charge in [-0.2, -0.15) is 0 Å². The van der Waals surface area contributed by atoms with Crippen LogP contribution in [0, 0.1) is 0 Å². The summed E-state index contributed by atoms with van der Waals surface area (Å²) in [6.45, 7) is 6.09. The maximum atomic E-state index is 12.0. The second kappa shape index (κ2) is 5.97. The molecule has 1 unspecified atom stereocenters. The largest absolute Gasteiger partial charge is 0.324 e. The Morgan fingerprint density at radius 2 is 1.90 bits per heavy atom. The summed E-state index contributed by atoms with van der Waals surface area (Å²) in [5.74, 6) is 0.733. The SMILES string of the molecule is CCC(CC)n1c(C(C)Cl)nc2c(S(C)(=O)=O)cccc21. The van der Waals surface area contributed by atoms with Crippen molar-refractivity contribution in [2.45, 2.75) is 49.9 Å². The molecule has 1 aromatic carbocycles. The average Bonchev–Trinajstić information content (AvgIpc) is 2.79. The Balaban J connectivity index is 2.87. The maximum Gasteiger partial charge on any atom is 0.177 e. The second-order valence-corrected chi connectivity index (χ2v) is 7.96. The molecule has 0 aliphatic rings. The van der Waals surface area contributed by atoms with Gasteiger partial charge in [-0.25, -0.2) is 13.4 Å². The molecule has 0 N–H and O–H groups in total. The van der Waals surface area contributed by atoms with E-state index in [-0.39, 0.29) is 16.3 Å². The Bertz CT molecular complexity index is 746. The normalized spacial score (nSPS) is 14.0. The van der Waals surface area contributed by atoms with Gasteiger partial charge in [0.1, 0.15) is 11.3 Å². The molecule has 0 spiro atoms. The Labute approximate surface area is 131 Å². The third-order valence-corrected chi connectivity index (χ3v) is 5.10. The van der Waals surface area contributed by atoms with Crippen LogP contribution in [0.15, 0.2) is 23.1 Å². The molecule has 1 atom stereocenters. The van der Waals surface area contributed by atoms with Gasteiger partial charge in [-0.1, -0.05) is 19.9 Å². The lowest BCUT2D eigenvalue weighted by Gasteiger charge is -2.19. The first kappa shape index (κ1) is 16.3. The van der Waals surface area contributed by atoms with E-state index in [1.807, 2.05) is 13.0 Å². The molecule has 2 aromatic rings. The van der Waals surface area contributed by atoms with Gasteiger partial charge in [0.05, 0.1) is 15.8 Å². The predicted molar refractivity (Wildman–Crippen MR) is 86.7 cm³/mol. The van der Waals surface area contributed by atoms with E-state index < -0.39 is 9.84 Å². The number of halogens is 1. The maximum absolute atomic E-state index is 12.0. The number of sulfone groups is 1. The van der Waals surface area contributed by atoms with Crippen LogP contribution in [-0.4, -0.2) is 24.2 Å². The molecular formula is C15H21ClN2O2S. The van der Waals surface area contributed by atoms with Gasteiger partial charge in [0.15, 0.2) is 9.84 Å². The van der Waals surface area contributed by atoms with Crippen molar-refractivity contribution < 1.29 is 8.42 Å². The van der Waals surface area contributed by atoms with Crippen molar-refractivity contribution in [3.63, 3.8) is 0 Å². The topological polar surface area (TPSA) is 52.0 Å². The van der Waals surface area contributed by atoms with Gasteiger partial charge in [0.25, 0.3) is 0 Å². The molecule has 0 bridgehead atoms. The van der Waals surface area contributed by atoms with Crippen LogP contribution in [0.25, 0.3) is 11.0 Å². The molecule has 0 saturated heterocycles. The van der Waals surface area contributed by atoms with Crippen molar-refractivity contribution in [1.29, 1.82) is 0 Å². The first-order valence-corrected chi connectivity index (χ1v) is 9.49. The number of fused-ring (bicyclic) bond motifs is 1. The Kier molecular flexibility index (Phi) is 4.63. The Morgan fingerprint density at radius 3 is 2.38 bits per heavy atom. The summed E-state index contributed by atoms with van der Waals surface area (Å²) in [5, 5.41) is -0.273. The van der Waals surface area contributed by atoms with Gasteiger partial charge in [0.2, 0.25) is 0 Å². The van der Waals surface area contributed by atoms with E-state index in [0.29, 0.717) is 5.52 Å². The van der Waals surface area contributed by atoms with Crippen molar-refractivity contribution in [2.75, 3.05) is 6.26 Å². The molecule has 1 aromatic heterocycles. The number of alkyl halides is 1. The van der Waals surface area contributed by atoms with E-state index in [1.165, 1.54) is 6.26 Å². The van der Waals surface area contributed by atoms with Crippen molar-refractivity contribution >= 4 is 32.5 Å². The smallest absolute Gasteiger partial charge is 0.177 e. The molecular weight excluding hydrogens is 308 g/mol. The van der Waals surface area contributed by atoms with Gasteiger partial charge in [-0.3, -0.25) is 0 Å². The molecule has 2 rings (SSSR count). The highest BCUT2D eigenvalue weighted by atomic mass is 35.5. The van der Waals surface area contributed by atoms with Crippen LogP contribution in [0.1, 0.15) is 50.9 Å². The van der Waals surface area contributed by atoms with Crippen LogP contribution in [0.5, 0.6) is 0 Å². The van der Waals surface area contributed by atoms with Crippen LogP contribution in [-0.2, 0) is 9.84 Å². The zero-order valence-corrected chi connectivity index (χ0v) is 14.4. The number of rotatable bonds is 5. The number of hydrogen-bond donors (Lipinski definition) is 0. The summed E-state index contributed by atoms with van der Waals surface area (Å²) in [4.78, 5) is 4.81. The summed E-state index contributed by atoms with van der Waals surface area (Å²) in [6, 6.07) is 5.55. The van der Waals surface area contributed by atoms with Gasteiger partial charge in [-0.15, -0.1) is 11.6 Å². The fourth-order valence-electron chi connectivity index (χ4n) is 2.73. The van der Waals surface area contributed by atoms with E-state index >= 15 is 0 Å². The van der Waals surface area contributed by atoms with Crippen molar-refractivity contribution in [3.05, 3.63) is 24.0 Å². The Hall–Kier alpha value is -1.07. The fourth-order valence-corrected chi connectivity index (χ4v) is 3.71. The van der Waals surface area contributed by atoms with Gasteiger partial charge in [0, 0.05) is 12.3 Å². The third-order valence-electron chi connectivity index (χ3n) is 3.77. The molecule has 4 nitrogen and oxygen atoms in total. The lowest BCUT2D eigenvalue weighted by Crippen LogP contribution is -2.11. The minimum Gasteiger partial charge on any atom is -0.324 e. The van der Waals surface area contributed by atoms with Crippen molar-refractivity contribution in [1.82, 2.24) is 9.55 Å². The zero-order chi connectivity index (χ0) is 15.8. The van der Waals surface area contributed by atoms with E-state index in [0.717, 1.165) is 24.2 Å². The molecule has 0 fully saturated rings. The molecule has 6 heteroatoms. The highest BCUT2D eigenvalue weighted by Gasteiger charge is 2.23. The first-order valence-electron chi connectivity index (χ1n) is 7.16. The zero-order valence-electron chi connectivity index (χ0n) is 12.8. The number of para-hydroxylation sites is 1. The van der Waals surface area contributed by atoms with Gasteiger partial charge in [-0.05, 0) is 31.9 Å². The summed E-state index contributed by atoms with van der Waals surface area (Å²) >= 11 is 6.27. The molecule has 116 valence electrons. The summed E-state index contributed by atoms with van der Waals surface area (Å²) in [5.41, 5.74) is 1.36. The van der Waals surface area contributed by atoms with Crippen LogP contribution in [0.4, 0.5) is 0 Å². The minimum atomic E-state index is -3.32. The minimum absolute atomic E-state index is 0.265. The lowest BCUT2D eigenvalue weighted by molar-refractivity contribution is 0.466. The monoisotopic (exact) mass is 328 g/mol. The number of nitrogens with zero attached hydrogens (tertiary/aromatic N) is 2. The first-order chi connectivity index (χ1) is 9.81. The summed E-state index contributed by atoms with van der Waals surface area (Å²) in [7, 11) is -3.32. The van der Waals surface area contributed by atoms with E-state index in [1.54, 1.807) is 12.1 Å². The Morgan fingerprint density at radius 1 is 1.29 bits per heavy atom. The molecule has 21 heavy (non-hydrogen) atoms. The van der Waals surface area contributed by atoms with Crippen molar-refractivity contribution in [3.8, 4) is 0 Å². The number of aromatic nitrogens is 2. The molecule has 0 aliphatic carbocycles. The number of benzene rings is 1. The summed E-state index contributed by atoms with van der Waals surface area (Å²) < 4.78 is 26.0. The fraction of sp³-hybridized carbons (Fsp3) is 0.533. The highest BCUT2D eigenvalue weighted by Crippen LogP contribution is 2.33. The number of imidazole rings is 1. The van der Waals surface area contributed by atoms with Crippen LogP contribution >= 0.6 is 11.6 Å². The predicted octanol–water partition coefficient (Wildman–Crippen LogP) is 4.10. The molecule has 0 aliphatic heterocycles. The van der Waals surface area contributed by atoms with E-state index in [2.05, 4.69) is 23.4 Å². The standard InChI is InChI=1S/C15H21ClN2O2S/c1-5-11(6-2)18-12-8-7-9-13(21(4,19)20)14(12)17-15(18)10(3)16/h7-11H,5-6H2,1-4H3. The molecule has 0 radical (unpaired) electrons. The van der Waals surface area contributed by atoms with Crippen LogP contribution in [0.3, 0.4) is 0 Å². The lowest BCUT2D eigenvalue weighted by atomic mass is 10.1. The summed E-state index contributed by atoms with van der Waals surface area (Å²) in [6.07, 6.45) is 3.10. The second-order valence-electron chi connectivity index (χ2n) is 5.32. The quantitative estimate of drug-likeness (QED) is 0.776. The molecule has 0 saturated carbocycles. The van der Waals surface area contributed by atoms with E-state index in [9.17, 15) is 8.42 Å². The van der Waals surface area contributed by atoms with Crippen LogP contribution < -0.4 is 0 Å². The van der Waals surface area contributed by atoms with Crippen molar-refractivity contribution in [2.24, 2.45) is 0 Å². The van der Waals surface area contributed by atoms with Gasteiger partial charge < -0.3 is 4.57 Å². The van der Waals surface area contributed by atoms with Crippen LogP contribution in [0.2, 0.25) is 0 Å². The average molecular weight is 329 g/mol. The highest BCUT2D eigenvalue weighted by molar-refractivity contribution is 7.91. The number of hydrogen-bond acceptors (Lipinski definition) is 3. The molecule has 0 amide bonds.